The zero-order chi connectivity index (χ0) is 16.9. The van der Waals surface area contributed by atoms with Crippen LogP contribution in [0.2, 0.25) is 0 Å². The van der Waals surface area contributed by atoms with Crippen LogP contribution in [0.15, 0.2) is 21.9 Å². The Bertz CT molecular complexity index is 670. The van der Waals surface area contributed by atoms with E-state index in [-0.39, 0.29) is 13.0 Å². The molecule has 1 aromatic heterocycles. The van der Waals surface area contributed by atoms with Gasteiger partial charge in [0.2, 0.25) is 5.91 Å². The molecule has 0 aromatic carbocycles. The lowest BCUT2D eigenvalue weighted by Gasteiger charge is -2.31. The lowest BCUT2D eigenvalue weighted by molar-refractivity contribution is -0.139. The molecule has 0 spiro atoms. The Hall–Kier alpha value is -2.38. The molecule has 0 bridgehead atoms. The van der Waals surface area contributed by atoms with Gasteiger partial charge in [0.1, 0.15) is 6.54 Å². The van der Waals surface area contributed by atoms with Crippen LogP contribution in [0.3, 0.4) is 0 Å². The van der Waals surface area contributed by atoms with Crippen molar-refractivity contribution in [2.45, 2.75) is 45.2 Å². The fraction of sp³-hybridized carbons (Fsp3) is 0.571. The summed E-state index contributed by atoms with van der Waals surface area (Å²) in [5, 5.41) is 11.7. The molecule has 1 heterocycles. The largest absolute Gasteiger partial charge is 0.481 e. The van der Waals surface area contributed by atoms with Crippen molar-refractivity contribution in [2.24, 2.45) is 7.05 Å². The van der Waals surface area contributed by atoms with E-state index < -0.39 is 28.7 Å². The van der Waals surface area contributed by atoms with Crippen molar-refractivity contribution in [1.82, 2.24) is 14.5 Å². The van der Waals surface area contributed by atoms with Crippen molar-refractivity contribution in [2.75, 3.05) is 0 Å². The fourth-order valence-corrected chi connectivity index (χ4v) is 2.24. The zero-order valence-corrected chi connectivity index (χ0v) is 13.0. The van der Waals surface area contributed by atoms with E-state index in [9.17, 15) is 19.2 Å². The van der Waals surface area contributed by atoms with Crippen molar-refractivity contribution >= 4 is 11.9 Å². The van der Waals surface area contributed by atoms with Gasteiger partial charge in [0.05, 0.1) is 12.0 Å². The molecule has 122 valence electrons. The number of carboxylic acid groups (broad SMARTS) is 1. The van der Waals surface area contributed by atoms with Gasteiger partial charge >= 0.3 is 11.7 Å². The third-order valence-electron chi connectivity index (χ3n) is 3.82. The molecule has 0 aliphatic heterocycles. The minimum atomic E-state index is -0.997. The average Bonchev–Trinajstić information content (AvgIpc) is 2.46. The number of hydrogen-bond acceptors (Lipinski definition) is 4. The summed E-state index contributed by atoms with van der Waals surface area (Å²) in [6.45, 7) is 3.32. The minimum Gasteiger partial charge on any atom is -0.481 e. The Morgan fingerprint density at radius 2 is 1.86 bits per heavy atom. The van der Waals surface area contributed by atoms with Crippen LogP contribution in [0.1, 0.15) is 33.1 Å². The standard InChI is InChI=1S/C14H21N3O5/c1-4-14(5-2,8-12(20)21)15-10(18)9-17-7-6-11(19)16(3)13(17)22/h6-7H,4-5,8-9H2,1-3H3,(H,15,18)(H,20,21). The Balaban J connectivity index is 2.93. The third kappa shape index (κ3) is 4.06. The molecule has 2 N–H and O–H groups in total. The molecule has 0 radical (unpaired) electrons. The van der Waals surface area contributed by atoms with Crippen LogP contribution >= 0.6 is 0 Å². The summed E-state index contributed by atoms with van der Waals surface area (Å²) in [4.78, 5) is 46.3. The molecule has 0 atom stereocenters. The normalized spacial score (nSPS) is 11.2. The number of aliphatic carboxylic acids is 1. The van der Waals surface area contributed by atoms with Crippen LogP contribution in [-0.2, 0) is 23.2 Å². The lowest BCUT2D eigenvalue weighted by atomic mass is 9.89. The number of rotatable bonds is 7. The summed E-state index contributed by atoms with van der Waals surface area (Å²) < 4.78 is 2.00. The second kappa shape index (κ2) is 7.06. The molecular formula is C14H21N3O5. The first-order valence-corrected chi connectivity index (χ1v) is 7.04. The summed E-state index contributed by atoms with van der Waals surface area (Å²) in [7, 11) is 1.33. The van der Waals surface area contributed by atoms with Crippen LogP contribution in [0.4, 0.5) is 0 Å². The van der Waals surface area contributed by atoms with Gasteiger partial charge in [-0.25, -0.2) is 4.79 Å². The van der Waals surface area contributed by atoms with Crippen molar-refractivity contribution in [3.8, 4) is 0 Å². The Kier molecular flexibility index (Phi) is 5.67. The van der Waals surface area contributed by atoms with Gasteiger partial charge in [0.15, 0.2) is 0 Å². The monoisotopic (exact) mass is 311 g/mol. The predicted molar refractivity (Wildman–Crippen MR) is 79.7 cm³/mol. The maximum atomic E-state index is 12.1. The Labute approximate surface area is 127 Å². The fourth-order valence-electron chi connectivity index (χ4n) is 2.24. The molecule has 1 aromatic rings. The summed E-state index contributed by atoms with van der Waals surface area (Å²) >= 11 is 0. The van der Waals surface area contributed by atoms with E-state index in [1.165, 1.54) is 19.3 Å². The van der Waals surface area contributed by atoms with Gasteiger partial charge in [-0.15, -0.1) is 0 Å². The molecule has 22 heavy (non-hydrogen) atoms. The molecule has 8 heteroatoms. The number of nitrogens with one attached hydrogen (secondary N) is 1. The van der Waals surface area contributed by atoms with E-state index in [2.05, 4.69) is 5.32 Å². The molecule has 0 unspecified atom stereocenters. The van der Waals surface area contributed by atoms with E-state index in [1.807, 2.05) is 0 Å². The van der Waals surface area contributed by atoms with Crippen LogP contribution in [0.25, 0.3) is 0 Å². The highest BCUT2D eigenvalue weighted by atomic mass is 16.4. The number of carboxylic acids is 1. The first-order valence-electron chi connectivity index (χ1n) is 7.04. The number of amides is 1. The molecule has 0 saturated carbocycles. The lowest BCUT2D eigenvalue weighted by Crippen LogP contribution is -2.51. The van der Waals surface area contributed by atoms with Crippen molar-refractivity contribution < 1.29 is 14.7 Å². The van der Waals surface area contributed by atoms with E-state index in [0.29, 0.717) is 12.8 Å². The summed E-state index contributed by atoms with van der Waals surface area (Å²) in [6, 6.07) is 1.19. The van der Waals surface area contributed by atoms with Crippen LogP contribution < -0.4 is 16.6 Å². The smallest absolute Gasteiger partial charge is 0.331 e. The molecule has 1 amide bonds. The summed E-state index contributed by atoms with van der Waals surface area (Å²) in [6.07, 6.45) is 1.99. The van der Waals surface area contributed by atoms with Gasteiger partial charge in [0, 0.05) is 19.3 Å². The number of aromatic nitrogens is 2. The maximum absolute atomic E-state index is 12.1. The number of carbonyl (C=O) groups is 2. The highest BCUT2D eigenvalue weighted by Gasteiger charge is 2.30. The van der Waals surface area contributed by atoms with E-state index in [1.54, 1.807) is 13.8 Å². The Morgan fingerprint density at radius 1 is 1.27 bits per heavy atom. The van der Waals surface area contributed by atoms with Crippen LogP contribution in [0.5, 0.6) is 0 Å². The van der Waals surface area contributed by atoms with Crippen molar-refractivity contribution in [1.29, 1.82) is 0 Å². The van der Waals surface area contributed by atoms with Gasteiger partial charge in [-0.1, -0.05) is 13.8 Å². The molecule has 0 aliphatic rings. The number of carbonyl (C=O) groups excluding carboxylic acids is 1. The second-order valence-corrected chi connectivity index (χ2v) is 5.23. The zero-order valence-electron chi connectivity index (χ0n) is 13.0. The quantitative estimate of drug-likeness (QED) is 0.718. The number of nitrogens with zero attached hydrogens (tertiary/aromatic N) is 2. The molecule has 0 saturated heterocycles. The third-order valence-corrected chi connectivity index (χ3v) is 3.82. The van der Waals surface area contributed by atoms with Gasteiger partial charge < -0.3 is 10.4 Å². The van der Waals surface area contributed by atoms with Gasteiger partial charge in [-0.05, 0) is 12.8 Å². The molecule has 8 nitrogen and oxygen atoms in total. The Morgan fingerprint density at radius 3 is 2.36 bits per heavy atom. The maximum Gasteiger partial charge on any atom is 0.331 e. The van der Waals surface area contributed by atoms with Crippen molar-refractivity contribution in [3.05, 3.63) is 33.1 Å². The highest BCUT2D eigenvalue weighted by Crippen LogP contribution is 2.19. The molecule has 0 aliphatic carbocycles. The first-order chi connectivity index (χ1) is 10.2. The second-order valence-electron chi connectivity index (χ2n) is 5.23. The molecule has 0 fully saturated rings. The van der Waals surface area contributed by atoms with Crippen LogP contribution in [-0.4, -0.2) is 31.7 Å². The van der Waals surface area contributed by atoms with E-state index >= 15 is 0 Å². The first kappa shape index (κ1) is 17.7. The molecule has 1 rings (SSSR count). The van der Waals surface area contributed by atoms with Gasteiger partial charge in [-0.3, -0.25) is 23.5 Å². The van der Waals surface area contributed by atoms with Crippen molar-refractivity contribution in [3.63, 3.8) is 0 Å². The minimum absolute atomic E-state index is 0.187. The van der Waals surface area contributed by atoms with Gasteiger partial charge in [0.25, 0.3) is 5.56 Å². The molecular weight excluding hydrogens is 290 g/mol. The SMILES string of the molecule is CCC(CC)(CC(=O)O)NC(=O)Cn1ccc(=O)n(C)c1=O. The number of hydrogen-bond donors (Lipinski definition) is 2. The van der Waals surface area contributed by atoms with E-state index in [0.717, 1.165) is 9.13 Å². The predicted octanol–water partition coefficient (Wildman–Crippen LogP) is -0.303. The summed E-state index contributed by atoms with van der Waals surface area (Å²) in [5.74, 6) is -1.46. The highest BCUT2D eigenvalue weighted by molar-refractivity contribution is 5.78. The van der Waals surface area contributed by atoms with E-state index in [4.69, 9.17) is 5.11 Å². The topological polar surface area (TPSA) is 110 Å². The van der Waals surface area contributed by atoms with Gasteiger partial charge in [-0.2, -0.15) is 0 Å². The van der Waals surface area contributed by atoms with Crippen LogP contribution in [0, 0.1) is 0 Å². The average molecular weight is 311 g/mol. The summed E-state index contributed by atoms with van der Waals surface area (Å²) in [5.41, 5.74) is -1.89.